The Hall–Kier alpha value is -0.690. The standard InChI is InChI=1S/C12H24O6/c1-3-4-15-5-6-16-7-8-17-9-10-18-11-12(13)14-2/h3-11H2,1-2H3. The van der Waals surface area contributed by atoms with Gasteiger partial charge in [-0.2, -0.15) is 0 Å². The Labute approximate surface area is 108 Å². The van der Waals surface area contributed by atoms with Gasteiger partial charge in [-0.3, -0.25) is 0 Å². The van der Waals surface area contributed by atoms with Crippen molar-refractivity contribution < 1.29 is 28.5 Å². The normalized spacial score (nSPS) is 10.6. The molecule has 0 aromatic rings. The van der Waals surface area contributed by atoms with Gasteiger partial charge in [0.1, 0.15) is 6.61 Å². The van der Waals surface area contributed by atoms with Crippen molar-refractivity contribution in [1.29, 1.82) is 0 Å². The second-order valence-electron chi connectivity index (χ2n) is 3.47. The third-order valence-corrected chi connectivity index (χ3v) is 1.91. The molecule has 108 valence electrons. The Balaban J connectivity index is 2.97. The van der Waals surface area contributed by atoms with Crippen LogP contribution in [0, 0.1) is 0 Å². The lowest BCUT2D eigenvalue weighted by atomic mass is 10.5. The predicted octanol–water partition coefficient (Wildman–Crippen LogP) is 0.636. The maximum Gasteiger partial charge on any atom is 0.331 e. The Kier molecular flexibility index (Phi) is 13.8. The summed E-state index contributed by atoms with van der Waals surface area (Å²) < 4.78 is 25.2. The average molecular weight is 264 g/mol. The van der Waals surface area contributed by atoms with Crippen molar-refractivity contribution in [3.63, 3.8) is 0 Å². The molecule has 0 atom stereocenters. The van der Waals surface area contributed by atoms with E-state index in [1.807, 2.05) is 0 Å². The molecule has 0 aromatic carbocycles. The number of carbonyl (C=O) groups is 1. The highest BCUT2D eigenvalue weighted by Crippen LogP contribution is 1.84. The van der Waals surface area contributed by atoms with Crippen molar-refractivity contribution in [1.82, 2.24) is 0 Å². The number of methoxy groups -OCH3 is 1. The molecule has 0 heterocycles. The molecule has 0 aliphatic carbocycles. The predicted molar refractivity (Wildman–Crippen MR) is 65.6 cm³/mol. The minimum absolute atomic E-state index is 0.0366. The summed E-state index contributed by atoms with van der Waals surface area (Å²) >= 11 is 0. The molecular formula is C12H24O6. The molecule has 0 spiro atoms. The molecule has 0 fully saturated rings. The SMILES string of the molecule is CCCOCCOCCOCCOCC(=O)OC. The van der Waals surface area contributed by atoms with Crippen molar-refractivity contribution in [3.8, 4) is 0 Å². The average Bonchev–Trinajstić information content (AvgIpc) is 2.39. The van der Waals surface area contributed by atoms with E-state index in [-0.39, 0.29) is 12.6 Å². The van der Waals surface area contributed by atoms with Crippen molar-refractivity contribution in [2.45, 2.75) is 13.3 Å². The topological polar surface area (TPSA) is 63.2 Å². The van der Waals surface area contributed by atoms with E-state index < -0.39 is 0 Å². The van der Waals surface area contributed by atoms with Crippen molar-refractivity contribution in [3.05, 3.63) is 0 Å². The van der Waals surface area contributed by atoms with E-state index in [9.17, 15) is 4.79 Å². The van der Waals surface area contributed by atoms with E-state index in [2.05, 4.69) is 11.7 Å². The number of hydrogen-bond donors (Lipinski definition) is 0. The lowest BCUT2D eigenvalue weighted by Gasteiger charge is -2.06. The number of carbonyl (C=O) groups excluding carboxylic acids is 1. The second kappa shape index (κ2) is 14.4. The van der Waals surface area contributed by atoms with Gasteiger partial charge in [0, 0.05) is 6.61 Å². The van der Waals surface area contributed by atoms with Crippen LogP contribution in [0.4, 0.5) is 0 Å². The monoisotopic (exact) mass is 264 g/mol. The Morgan fingerprint density at radius 3 is 1.67 bits per heavy atom. The van der Waals surface area contributed by atoms with Crippen molar-refractivity contribution >= 4 is 5.97 Å². The van der Waals surface area contributed by atoms with Crippen LogP contribution >= 0.6 is 0 Å². The fourth-order valence-corrected chi connectivity index (χ4v) is 1.02. The van der Waals surface area contributed by atoms with E-state index in [4.69, 9.17) is 18.9 Å². The molecule has 0 N–H and O–H groups in total. The smallest absolute Gasteiger partial charge is 0.331 e. The van der Waals surface area contributed by atoms with E-state index in [1.165, 1.54) is 7.11 Å². The Bertz CT molecular complexity index is 185. The zero-order valence-corrected chi connectivity index (χ0v) is 11.3. The zero-order chi connectivity index (χ0) is 13.5. The highest BCUT2D eigenvalue weighted by Gasteiger charge is 1.98. The zero-order valence-electron chi connectivity index (χ0n) is 11.3. The molecule has 0 unspecified atom stereocenters. The van der Waals surface area contributed by atoms with Gasteiger partial charge in [0.15, 0.2) is 0 Å². The molecule has 18 heavy (non-hydrogen) atoms. The Morgan fingerprint density at radius 2 is 1.22 bits per heavy atom. The van der Waals surface area contributed by atoms with Crippen LogP contribution in [0.1, 0.15) is 13.3 Å². The molecule has 0 saturated carbocycles. The first kappa shape index (κ1) is 17.3. The van der Waals surface area contributed by atoms with E-state index in [0.717, 1.165) is 13.0 Å². The summed E-state index contributed by atoms with van der Waals surface area (Å²) in [6.45, 7) is 5.86. The molecule has 0 aliphatic heterocycles. The summed E-state index contributed by atoms with van der Waals surface area (Å²) in [5, 5.41) is 0. The van der Waals surface area contributed by atoms with Gasteiger partial charge in [0.05, 0.1) is 46.8 Å². The fourth-order valence-electron chi connectivity index (χ4n) is 1.02. The first-order valence-electron chi connectivity index (χ1n) is 6.19. The molecule has 0 radical (unpaired) electrons. The first-order chi connectivity index (χ1) is 8.81. The maximum absolute atomic E-state index is 10.7. The van der Waals surface area contributed by atoms with Crippen molar-refractivity contribution in [2.24, 2.45) is 0 Å². The molecule has 0 amide bonds. The van der Waals surface area contributed by atoms with Gasteiger partial charge < -0.3 is 23.7 Å². The van der Waals surface area contributed by atoms with Crippen LogP contribution in [0.25, 0.3) is 0 Å². The van der Waals surface area contributed by atoms with Crippen LogP contribution in [0.3, 0.4) is 0 Å². The third-order valence-electron chi connectivity index (χ3n) is 1.91. The van der Waals surface area contributed by atoms with Crippen LogP contribution in [-0.4, -0.2) is 65.9 Å². The molecule has 0 bridgehead atoms. The highest BCUT2D eigenvalue weighted by molar-refractivity contribution is 5.70. The van der Waals surface area contributed by atoms with Crippen LogP contribution in [0.5, 0.6) is 0 Å². The minimum Gasteiger partial charge on any atom is -0.467 e. The summed E-state index contributed by atoms with van der Waals surface area (Å²) in [5.74, 6) is -0.384. The van der Waals surface area contributed by atoms with Gasteiger partial charge >= 0.3 is 5.97 Å². The quantitative estimate of drug-likeness (QED) is 0.359. The van der Waals surface area contributed by atoms with Gasteiger partial charge in [0.25, 0.3) is 0 Å². The number of ether oxygens (including phenoxy) is 5. The van der Waals surface area contributed by atoms with Gasteiger partial charge in [0.2, 0.25) is 0 Å². The number of esters is 1. The summed E-state index contributed by atoms with van der Waals surface area (Å²) in [6.07, 6.45) is 1.02. The van der Waals surface area contributed by atoms with Gasteiger partial charge in [-0.05, 0) is 6.42 Å². The molecule has 6 nitrogen and oxygen atoms in total. The summed E-state index contributed by atoms with van der Waals surface area (Å²) in [7, 11) is 1.32. The molecule has 0 rings (SSSR count). The first-order valence-corrected chi connectivity index (χ1v) is 6.19. The molecule has 0 aromatic heterocycles. The lowest BCUT2D eigenvalue weighted by Crippen LogP contribution is -2.15. The highest BCUT2D eigenvalue weighted by atomic mass is 16.6. The summed E-state index contributed by atoms with van der Waals surface area (Å²) in [4.78, 5) is 10.7. The lowest BCUT2D eigenvalue weighted by molar-refractivity contribution is -0.146. The van der Waals surface area contributed by atoms with Crippen LogP contribution in [-0.2, 0) is 28.5 Å². The molecule has 0 aliphatic rings. The molecular weight excluding hydrogens is 240 g/mol. The van der Waals surface area contributed by atoms with E-state index in [1.54, 1.807) is 0 Å². The van der Waals surface area contributed by atoms with E-state index >= 15 is 0 Å². The maximum atomic E-state index is 10.7. The molecule has 6 heteroatoms. The molecule has 0 saturated heterocycles. The van der Waals surface area contributed by atoms with Crippen molar-refractivity contribution in [2.75, 3.05) is 60.0 Å². The minimum atomic E-state index is -0.384. The summed E-state index contributed by atoms with van der Waals surface area (Å²) in [6, 6.07) is 0. The fraction of sp³-hybridized carbons (Fsp3) is 0.917. The third kappa shape index (κ3) is 13.4. The largest absolute Gasteiger partial charge is 0.467 e. The van der Waals surface area contributed by atoms with Crippen LogP contribution in [0.2, 0.25) is 0 Å². The Morgan fingerprint density at radius 1 is 0.778 bits per heavy atom. The van der Waals surface area contributed by atoms with Gasteiger partial charge in [-0.15, -0.1) is 0 Å². The van der Waals surface area contributed by atoms with Gasteiger partial charge in [-0.1, -0.05) is 6.92 Å². The summed E-state index contributed by atoms with van der Waals surface area (Å²) in [5.41, 5.74) is 0. The number of rotatable bonds is 13. The van der Waals surface area contributed by atoms with Crippen LogP contribution < -0.4 is 0 Å². The number of hydrogen-bond acceptors (Lipinski definition) is 6. The van der Waals surface area contributed by atoms with Crippen LogP contribution in [0.15, 0.2) is 0 Å². The van der Waals surface area contributed by atoms with Gasteiger partial charge in [-0.25, -0.2) is 4.79 Å². The second-order valence-corrected chi connectivity index (χ2v) is 3.47. The van der Waals surface area contributed by atoms with E-state index in [0.29, 0.717) is 39.6 Å².